The van der Waals surface area contributed by atoms with E-state index in [1.807, 2.05) is 48.5 Å². The molecule has 0 saturated carbocycles. The second-order valence-electron chi connectivity index (χ2n) is 7.64. The summed E-state index contributed by atoms with van der Waals surface area (Å²) in [5.74, 6) is -1.20. The van der Waals surface area contributed by atoms with Gasteiger partial charge >= 0.3 is 5.97 Å². The van der Waals surface area contributed by atoms with E-state index in [4.69, 9.17) is 4.74 Å². The average Bonchev–Trinajstić information content (AvgIpc) is 3.18. The molecule has 0 aliphatic carbocycles. The third kappa shape index (κ3) is 6.30. The van der Waals surface area contributed by atoms with Gasteiger partial charge in [0.15, 0.2) is 0 Å². The van der Waals surface area contributed by atoms with Gasteiger partial charge in [-0.25, -0.2) is 4.79 Å². The molecule has 0 saturated heterocycles. The summed E-state index contributed by atoms with van der Waals surface area (Å²) in [5, 5.41) is 9.00. The Kier molecular flexibility index (Phi) is 8.95. The summed E-state index contributed by atoms with van der Waals surface area (Å²) in [4.78, 5) is 38.0. The molecule has 2 amide bonds. The third-order valence-corrected chi connectivity index (χ3v) is 6.51. The van der Waals surface area contributed by atoms with Gasteiger partial charge in [0.1, 0.15) is 5.00 Å². The zero-order valence-corrected chi connectivity index (χ0v) is 20.3. The lowest BCUT2D eigenvalue weighted by Gasteiger charge is -2.19. The second-order valence-corrected chi connectivity index (χ2v) is 8.66. The van der Waals surface area contributed by atoms with Crippen molar-refractivity contribution in [3.8, 4) is 0 Å². The number of carbonyl (C=O) groups excluding carboxylic acids is 3. The van der Waals surface area contributed by atoms with Crippen molar-refractivity contribution in [3.05, 3.63) is 87.8 Å². The molecule has 34 heavy (non-hydrogen) atoms. The highest BCUT2D eigenvalue weighted by Crippen LogP contribution is 2.33. The average molecular weight is 480 g/mol. The van der Waals surface area contributed by atoms with Crippen molar-refractivity contribution >= 4 is 34.1 Å². The lowest BCUT2D eigenvalue weighted by molar-refractivity contribution is -0.115. The van der Waals surface area contributed by atoms with E-state index < -0.39 is 5.97 Å². The molecule has 0 radical (unpaired) electrons. The third-order valence-electron chi connectivity index (χ3n) is 5.31. The fourth-order valence-electron chi connectivity index (χ4n) is 3.61. The zero-order chi connectivity index (χ0) is 24.5. The SMILES string of the molecule is CCOC(=O)c1c(NC(=O)CNC(Cc2ccccc2)c2ccccc2)sc(C(=O)NC)c1C. The standard InChI is InChI=1S/C26H29N3O4S/c1-4-33-26(32)22-17(2)23(24(31)27-3)34-25(22)29-21(30)16-28-20(19-13-9-6-10-14-19)15-18-11-7-5-8-12-18/h5-14,20,28H,4,15-16H2,1-3H3,(H,27,31)(H,29,30). The fraction of sp³-hybridized carbons (Fsp3) is 0.269. The van der Waals surface area contributed by atoms with Gasteiger partial charge in [-0.1, -0.05) is 60.7 Å². The number of amides is 2. The lowest BCUT2D eigenvalue weighted by Crippen LogP contribution is -2.32. The molecule has 3 N–H and O–H groups in total. The molecule has 0 fully saturated rings. The molecule has 0 aliphatic heterocycles. The van der Waals surface area contributed by atoms with Crippen molar-refractivity contribution in [1.82, 2.24) is 10.6 Å². The smallest absolute Gasteiger partial charge is 0.341 e. The number of ether oxygens (including phenoxy) is 1. The lowest BCUT2D eigenvalue weighted by atomic mass is 9.99. The number of rotatable bonds is 10. The Morgan fingerprint density at radius 2 is 1.65 bits per heavy atom. The Balaban J connectivity index is 1.77. The molecule has 1 heterocycles. The van der Waals surface area contributed by atoms with E-state index in [1.165, 1.54) is 7.05 Å². The van der Waals surface area contributed by atoms with E-state index in [0.717, 1.165) is 22.5 Å². The Labute approximate surface area is 203 Å². The predicted octanol–water partition coefficient (Wildman–Crippen LogP) is 4.10. The number of thiophene rings is 1. The maximum absolute atomic E-state index is 12.9. The highest BCUT2D eigenvalue weighted by Gasteiger charge is 2.26. The molecule has 0 spiro atoms. The van der Waals surface area contributed by atoms with Crippen molar-refractivity contribution in [2.75, 3.05) is 25.5 Å². The summed E-state index contributed by atoms with van der Waals surface area (Å²) in [7, 11) is 1.52. The number of esters is 1. The van der Waals surface area contributed by atoms with Crippen LogP contribution in [0.1, 0.15) is 49.7 Å². The van der Waals surface area contributed by atoms with E-state index in [0.29, 0.717) is 21.9 Å². The Hall–Kier alpha value is -3.49. The van der Waals surface area contributed by atoms with Crippen LogP contribution >= 0.6 is 11.3 Å². The predicted molar refractivity (Wildman–Crippen MR) is 134 cm³/mol. The van der Waals surface area contributed by atoms with Crippen molar-refractivity contribution in [3.63, 3.8) is 0 Å². The van der Waals surface area contributed by atoms with Gasteiger partial charge in [-0.3, -0.25) is 9.59 Å². The molecule has 0 bridgehead atoms. The first-order valence-electron chi connectivity index (χ1n) is 11.1. The van der Waals surface area contributed by atoms with Crippen LogP contribution in [0.3, 0.4) is 0 Å². The molecule has 3 rings (SSSR count). The van der Waals surface area contributed by atoms with Gasteiger partial charge in [0.2, 0.25) is 5.91 Å². The Bertz CT molecular complexity index is 1130. The van der Waals surface area contributed by atoms with E-state index in [1.54, 1.807) is 13.8 Å². The summed E-state index contributed by atoms with van der Waals surface area (Å²) >= 11 is 1.06. The van der Waals surface area contributed by atoms with Crippen LogP contribution in [0.2, 0.25) is 0 Å². The zero-order valence-electron chi connectivity index (χ0n) is 19.5. The van der Waals surface area contributed by atoms with Crippen LogP contribution in [0.4, 0.5) is 5.00 Å². The van der Waals surface area contributed by atoms with Gasteiger partial charge < -0.3 is 20.7 Å². The number of hydrogen-bond donors (Lipinski definition) is 3. The topological polar surface area (TPSA) is 96.5 Å². The van der Waals surface area contributed by atoms with Crippen LogP contribution in [-0.4, -0.2) is 38.0 Å². The summed E-state index contributed by atoms with van der Waals surface area (Å²) in [6.45, 7) is 3.60. The van der Waals surface area contributed by atoms with Crippen LogP contribution in [0.15, 0.2) is 60.7 Å². The number of hydrogen-bond acceptors (Lipinski definition) is 6. The summed E-state index contributed by atoms with van der Waals surface area (Å²) in [5.41, 5.74) is 2.91. The van der Waals surface area contributed by atoms with Gasteiger partial charge in [0.25, 0.3) is 5.91 Å². The number of carbonyl (C=O) groups is 3. The van der Waals surface area contributed by atoms with Gasteiger partial charge in [0, 0.05) is 13.1 Å². The molecular weight excluding hydrogens is 450 g/mol. The number of nitrogens with one attached hydrogen (secondary N) is 3. The van der Waals surface area contributed by atoms with Crippen LogP contribution in [0, 0.1) is 6.92 Å². The molecule has 2 aromatic carbocycles. The summed E-state index contributed by atoms with van der Waals surface area (Å²) in [6, 6.07) is 19.9. The van der Waals surface area contributed by atoms with E-state index in [9.17, 15) is 14.4 Å². The van der Waals surface area contributed by atoms with Gasteiger partial charge in [-0.2, -0.15) is 0 Å². The maximum Gasteiger partial charge on any atom is 0.341 e. The maximum atomic E-state index is 12.9. The molecule has 3 aromatic rings. The van der Waals surface area contributed by atoms with Crippen LogP contribution < -0.4 is 16.0 Å². The highest BCUT2D eigenvalue weighted by atomic mass is 32.1. The minimum Gasteiger partial charge on any atom is -0.462 e. The molecule has 1 unspecified atom stereocenters. The van der Waals surface area contributed by atoms with Crippen LogP contribution in [-0.2, 0) is 16.0 Å². The fourth-order valence-corrected chi connectivity index (χ4v) is 4.77. The highest BCUT2D eigenvalue weighted by molar-refractivity contribution is 7.18. The molecule has 178 valence electrons. The van der Waals surface area contributed by atoms with Crippen molar-refractivity contribution in [2.45, 2.75) is 26.3 Å². The quantitative estimate of drug-likeness (QED) is 0.381. The molecule has 1 atom stereocenters. The first-order valence-corrected chi connectivity index (χ1v) is 11.9. The molecule has 0 aliphatic rings. The van der Waals surface area contributed by atoms with Crippen LogP contribution in [0.25, 0.3) is 0 Å². The largest absolute Gasteiger partial charge is 0.462 e. The van der Waals surface area contributed by atoms with Crippen molar-refractivity contribution in [2.24, 2.45) is 0 Å². The normalized spacial score (nSPS) is 11.5. The van der Waals surface area contributed by atoms with Gasteiger partial charge in [0.05, 0.1) is 23.6 Å². The van der Waals surface area contributed by atoms with E-state index in [-0.39, 0.29) is 36.6 Å². The Morgan fingerprint density at radius 1 is 1.00 bits per heavy atom. The molecule has 8 heteroatoms. The molecular formula is C26H29N3O4S. The minimum atomic E-state index is -0.569. The number of benzene rings is 2. The summed E-state index contributed by atoms with van der Waals surface area (Å²) < 4.78 is 5.15. The van der Waals surface area contributed by atoms with Gasteiger partial charge in [-0.15, -0.1) is 11.3 Å². The van der Waals surface area contributed by atoms with E-state index >= 15 is 0 Å². The minimum absolute atomic E-state index is 0.0287. The molecule has 1 aromatic heterocycles. The summed E-state index contributed by atoms with van der Waals surface area (Å²) in [6.07, 6.45) is 0.713. The van der Waals surface area contributed by atoms with E-state index in [2.05, 4.69) is 28.1 Å². The van der Waals surface area contributed by atoms with Crippen molar-refractivity contribution < 1.29 is 19.1 Å². The monoisotopic (exact) mass is 479 g/mol. The first kappa shape index (κ1) is 25.1. The van der Waals surface area contributed by atoms with Gasteiger partial charge in [-0.05, 0) is 37.0 Å². The van der Waals surface area contributed by atoms with Crippen LogP contribution in [0.5, 0.6) is 0 Å². The second kappa shape index (κ2) is 12.1. The van der Waals surface area contributed by atoms with Crippen molar-refractivity contribution in [1.29, 1.82) is 0 Å². The molecule has 7 nitrogen and oxygen atoms in total. The first-order chi connectivity index (χ1) is 16.4. The number of anilines is 1. The Morgan fingerprint density at radius 3 is 2.26 bits per heavy atom.